The number of hydrogen-bond donors (Lipinski definition) is 4. The van der Waals surface area contributed by atoms with Gasteiger partial charge in [0, 0.05) is 114 Å². The molecule has 4 saturated heterocycles. The van der Waals surface area contributed by atoms with Gasteiger partial charge in [0.1, 0.15) is 0 Å². The number of carboxylic acids is 1. The van der Waals surface area contributed by atoms with E-state index in [-0.39, 0.29) is 126 Å². The molecule has 0 amide bonds. The number of nitriles is 1. The Hall–Kier alpha value is -6.73. The van der Waals surface area contributed by atoms with Gasteiger partial charge in [-0.1, -0.05) is 145 Å². The Balaban J connectivity index is 0.000000273. The summed E-state index contributed by atoms with van der Waals surface area (Å²) in [4.78, 5) is 46.6. The van der Waals surface area contributed by atoms with Crippen molar-refractivity contribution in [1.82, 2.24) is 9.97 Å². The Kier molecular flexibility index (Phi) is 46.1. The lowest BCUT2D eigenvalue weighted by molar-refractivity contribution is -0.140. The summed E-state index contributed by atoms with van der Waals surface area (Å²) in [6, 6.07) is 17.9. The molecular weight excluding hydrogens is 2350 g/mol. The van der Waals surface area contributed by atoms with E-state index >= 15 is 0 Å². The second-order valence-electron chi connectivity index (χ2n) is 26.9. The Morgan fingerprint density at radius 3 is 1.13 bits per heavy atom. The van der Waals surface area contributed by atoms with Gasteiger partial charge >= 0.3 is 55.2 Å². The number of rotatable bonds is 13. The molecule has 738 valence electrons. The molecular formula is C79H66Br5Cl8F23N10O9. The van der Waals surface area contributed by atoms with Crippen molar-refractivity contribution in [3.05, 3.63) is 216 Å². The van der Waals surface area contributed by atoms with Crippen molar-refractivity contribution in [3.8, 4) is 6.07 Å². The van der Waals surface area contributed by atoms with Gasteiger partial charge in [0.05, 0.1) is 173 Å². The van der Waals surface area contributed by atoms with Crippen LogP contribution in [0.5, 0.6) is 0 Å². The summed E-state index contributed by atoms with van der Waals surface area (Å²) in [5, 5.41) is 20.1. The molecule has 4 aliphatic rings. The van der Waals surface area contributed by atoms with Crippen LogP contribution in [0.1, 0.15) is 66.1 Å². The quantitative estimate of drug-likeness (QED) is 0.0363. The minimum Gasteiger partial charge on any atom is -0.481 e. The fraction of sp³-hybridized carbons (Fsp3) is 0.367. The number of ether oxygens (including phenoxy) is 5. The van der Waals surface area contributed by atoms with E-state index in [4.69, 9.17) is 134 Å². The summed E-state index contributed by atoms with van der Waals surface area (Å²) in [5.41, 5.74) is 3.96. The van der Waals surface area contributed by atoms with Crippen LogP contribution in [-0.2, 0) is 95.8 Å². The van der Waals surface area contributed by atoms with E-state index in [9.17, 15) is 115 Å². The van der Waals surface area contributed by atoms with E-state index in [0.717, 1.165) is 36.4 Å². The van der Waals surface area contributed by atoms with E-state index in [0.29, 0.717) is 105 Å². The zero-order chi connectivity index (χ0) is 101. The molecule has 0 unspecified atom stereocenters. The van der Waals surface area contributed by atoms with Crippen LogP contribution in [0.25, 0.3) is 0 Å². The van der Waals surface area contributed by atoms with Crippen LogP contribution < -0.4 is 36.4 Å². The highest BCUT2D eigenvalue weighted by Gasteiger charge is 2.44. The average Bonchev–Trinajstić information content (AvgIpc) is 0.782. The van der Waals surface area contributed by atoms with Gasteiger partial charge in [0.2, 0.25) is 5.24 Å². The number of nitrogen functional groups attached to an aromatic ring is 2. The van der Waals surface area contributed by atoms with Crippen molar-refractivity contribution in [2.24, 2.45) is 0 Å². The van der Waals surface area contributed by atoms with Crippen molar-refractivity contribution >= 4 is 230 Å². The van der Waals surface area contributed by atoms with Crippen LogP contribution in [0.4, 0.5) is 141 Å². The van der Waals surface area contributed by atoms with E-state index in [1.165, 1.54) is 72.9 Å². The summed E-state index contributed by atoms with van der Waals surface area (Å²) in [7, 11) is 1.17. The summed E-state index contributed by atoms with van der Waals surface area (Å²) >= 11 is 59.4. The van der Waals surface area contributed by atoms with Gasteiger partial charge in [-0.25, -0.2) is 23.5 Å². The molecule has 134 heavy (non-hydrogen) atoms. The number of carbonyl (C=O) groups is 3. The number of alkyl halides is 23. The van der Waals surface area contributed by atoms with Crippen LogP contribution in [0.2, 0.25) is 35.2 Å². The number of nitrogens with one attached hydrogen (secondary N) is 1. The van der Waals surface area contributed by atoms with E-state index in [2.05, 4.69) is 99.7 Å². The van der Waals surface area contributed by atoms with Crippen LogP contribution in [-0.4, -0.2) is 158 Å². The Morgan fingerprint density at radius 2 is 0.791 bits per heavy atom. The van der Waals surface area contributed by atoms with Gasteiger partial charge in [-0.05, 0) is 129 Å². The fourth-order valence-electron chi connectivity index (χ4n) is 12.1. The van der Waals surface area contributed by atoms with Crippen LogP contribution in [0, 0.1) is 11.3 Å². The van der Waals surface area contributed by atoms with Gasteiger partial charge in [-0.3, -0.25) is 9.59 Å². The number of morpholine rings is 4. The monoisotopic (exact) mass is 2410 g/mol. The topological polar surface area (TPSA) is 244 Å². The normalized spacial score (nSPS) is 14.3. The van der Waals surface area contributed by atoms with Crippen molar-refractivity contribution in [2.75, 3.05) is 155 Å². The first-order chi connectivity index (χ1) is 62.0. The maximum atomic E-state index is 13.4. The zero-order valence-electron chi connectivity index (χ0n) is 67.6. The first kappa shape index (κ1) is 118. The zero-order valence-corrected chi connectivity index (χ0v) is 81.5. The average molecular weight is 2420 g/mol. The third-order valence-electron chi connectivity index (χ3n) is 17.6. The van der Waals surface area contributed by atoms with Crippen LogP contribution >= 0.6 is 172 Å². The van der Waals surface area contributed by atoms with Gasteiger partial charge in [-0.15, -0.1) is 0 Å². The number of benzene rings is 7. The van der Waals surface area contributed by atoms with E-state index < -0.39 is 125 Å². The molecule has 12 rings (SSSR count). The van der Waals surface area contributed by atoms with Gasteiger partial charge in [0.15, 0.2) is 11.5 Å². The third kappa shape index (κ3) is 36.8. The SMILES string of the molecule is COC(=O)c1nccnc1NCC(F)F.FC(F)(F)c1c(Br)cc(Cl)cc1Br.FC(F)(F)c1c(Br)cc(Cl)cc1N1CCOCC1.N#CCc1cc(Cl)cc(N2CCOCC2)c1C(F)(F)F.Nc1c(Cl)cc(Br)c(C(F)(F)F)c1Br.Nc1cc(C(F)(F)F)ccc1Cl.O=C(Cl)Cc1cc(Cl)cc(N2CCOCC2)c1C(F)(F)F.O=C(O)Cc1cc(Cl)cc(N2CCOCC2)c1C(F)(F)F. The highest BCUT2D eigenvalue weighted by Crippen LogP contribution is 2.50. The molecule has 7 aromatic carbocycles. The number of anilines is 7. The first-order valence-electron chi connectivity index (χ1n) is 37.1. The lowest BCUT2D eigenvalue weighted by Crippen LogP contribution is -2.37. The molecule has 0 aliphatic carbocycles. The van der Waals surface area contributed by atoms with E-state index in [1.807, 2.05) is 0 Å². The number of nitrogens with zero attached hydrogens (tertiary/aromatic N) is 7. The van der Waals surface area contributed by atoms with E-state index in [1.54, 1.807) is 20.8 Å². The third-order valence-corrected chi connectivity index (χ3v) is 22.8. The minimum absolute atomic E-state index is 0.00958. The molecule has 0 spiro atoms. The maximum absolute atomic E-state index is 13.4. The second-order valence-corrected chi connectivity index (χ2v) is 34.5. The van der Waals surface area contributed by atoms with Gasteiger partial charge < -0.3 is 65.2 Å². The summed E-state index contributed by atoms with van der Waals surface area (Å²) in [5.74, 6) is -2.07. The number of esters is 1. The second kappa shape index (κ2) is 52.5. The molecule has 5 heterocycles. The minimum atomic E-state index is -4.65. The number of aliphatic carboxylic acids is 1. The molecule has 6 N–H and O–H groups in total. The van der Waals surface area contributed by atoms with Crippen molar-refractivity contribution < 1.29 is 144 Å². The van der Waals surface area contributed by atoms with Crippen molar-refractivity contribution in [3.63, 3.8) is 0 Å². The summed E-state index contributed by atoms with van der Waals surface area (Å²) in [6.45, 7) is 5.16. The first-order valence-corrected chi connectivity index (χ1v) is 44.1. The molecule has 55 heteroatoms. The fourth-order valence-corrected chi connectivity index (χ4v) is 18.2. The number of carboxylic acid groups (broad SMARTS) is 1. The molecule has 19 nitrogen and oxygen atoms in total. The lowest BCUT2D eigenvalue weighted by Gasteiger charge is -2.32. The van der Waals surface area contributed by atoms with Crippen LogP contribution in [0.15, 0.2) is 120 Å². The highest BCUT2D eigenvalue weighted by molar-refractivity contribution is 9.11. The molecule has 0 saturated carbocycles. The predicted molar refractivity (Wildman–Crippen MR) is 478 cm³/mol. The number of aromatic nitrogens is 2. The molecule has 8 aromatic rings. The summed E-state index contributed by atoms with van der Waals surface area (Å²) in [6.07, 6.45) is -33.0. The smallest absolute Gasteiger partial charge is 0.419 e. The van der Waals surface area contributed by atoms with Crippen molar-refractivity contribution in [1.29, 1.82) is 5.26 Å². The number of carbonyl (C=O) groups excluding carboxylic acids is 2. The maximum Gasteiger partial charge on any atom is 0.419 e. The number of hydrogen-bond acceptors (Lipinski definition) is 18. The highest BCUT2D eigenvalue weighted by atomic mass is 79.9. The molecule has 4 fully saturated rings. The van der Waals surface area contributed by atoms with Crippen molar-refractivity contribution in [2.45, 2.75) is 68.9 Å². The Morgan fingerprint density at radius 1 is 0.463 bits per heavy atom. The summed E-state index contributed by atoms with van der Waals surface area (Å²) < 4.78 is 318. The number of methoxy groups -OCH3 is 1. The predicted octanol–water partition coefficient (Wildman–Crippen LogP) is 26.8. The Labute approximate surface area is 828 Å². The molecule has 0 atom stereocenters. The lowest BCUT2D eigenvalue weighted by atomic mass is 10.0. The van der Waals surface area contributed by atoms with Gasteiger partial charge in [0.25, 0.3) is 6.43 Å². The Bertz CT molecular complexity index is 5240. The number of nitrogens with two attached hydrogens (primary N) is 2. The standard InChI is InChI=1S/C13H12Cl2F3NO2.C13H12ClF3N2O.C13H13ClF3NO3.C11H10BrClF3NO.C8H9F2N3O2.C7H3Br2ClF3N.C7H2Br2ClF3.C7H5ClF3N/c14-9-5-8(6-11(15)20)12(13(16,17)18)10(7-9)19-1-3-21-4-2-19;14-10-7-9(1-2-18)12(13(15,16)17)11(8-10)19-3-5-20-6-4-19;14-9-5-8(6-11(19)20)12(13(15,16)17)10(7-9)18-1-3-21-4-2-18;12-8-5-7(13)6-9(10(8)11(14,15)16)17-1-3-18-4-2-17;1-15-8(14)6-7(12-3-2-11-6)13-4-5(9)10;8-2-1-3(10)6(14)5(9)4(2)7(11,12)13;8-4-1-3(10)2-5(9)6(4)7(11,12)13;8-5-2-1-4(3-6(5)12)7(9,10)11/h5,7H,1-4,6H2;7-8H,1,3-6H2;5,7H,1-4,6H2,(H,19,20);5-6H,1-4H2;2-3,5H,4H2,1H3,(H,12,13);1H,14H2;1-2H;1-3H,12H2. The number of halogens is 36. The molecule has 1 aromatic heterocycles. The largest absolute Gasteiger partial charge is 0.481 e. The van der Waals surface area contributed by atoms with Crippen LogP contribution in [0.3, 0.4) is 0 Å². The van der Waals surface area contributed by atoms with Gasteiger partial charge in [-0.2, -0.15) is 97.5 Å². The molecule has 0 radical (unpaired) electrons. The molecule has 4 aliphatic heterocycles. The molecule has 0 bridgehead atoms.